The zero-order chi connectivity index (χ0) is 17.6. The Kier molecular flexibility index (Phi) is 5.32. The summed E-state index contributed by atoms with van der Waals surface area (Å²) in [4.78, 5) is 17.2. The highest BCUT2D eigenvalue weighted by molar-refractivity contribution is 7.16. The quantitative estimate of drug-likeness (QED) is 0.662. The number of hydrogen-bond donors (Lipinski definition) is 0. The van der Waals surface area contributed by atoms with E-state index in [9.17, 15) is 4.79 Å². The first-order chi connectivity index (χ1) is 12.2. The molecule has 3 aromatic rings. The highest BCUT2D eigenvalue weighted by Crippen LogP contribution is 2.23. The number of carbonyl (C=O) groups excluding carboxylic acids is 1. The molecule has 4 nitrogen and oxygen atoms in total. The molecule has 1 aromatic heterocycles. The van der Waals surface area contributed by atoms with E-state index in [1.807, 2.05) is 60.0 Å². The van der Waals surface area contributed by atoms with Crippen molar-refractivity contribution in [2.24, 2.45) is 4.99 Å². The van der Waals surface area contributed by atoms with Crippen LogP contribution in [-0.4, -0.2) is 17.1 Å². The molecule has 25 heavy (non-hydrogen) atoms. The van der Waals surface area contributed by atoms with Crippen LogP contribution in [0.15, 0.2) is 53.5 Å². The van der Waals surface area contributed by atoms with Gasteiger partial charge in [0.15, 0.2) is 4.80 Å². The fraction of sp³-hybridized carbons (Fsp3) is 0.200. The number of fused-ring (bicyclic) bond motifs is 1. The number of thiazole rings is 1. The molecule has 0 fully saturated rings. The summed E-state index contributed by atoms with van der Waals surface area (Å²) in [5, 5.41) is 0. The van der Waals surface area contributed by atoms with Crippen molar-refractivity contribution in [2.45, 2.75) is 19.9 Å². The Bertz CT molecular complexity index is 994. The topological polar surface area (TPSA) is 43.6 Å². The minimum atomic E-state index is -0.187. The molecule has 0 aliphatic heterocycles. The first-order valence-corrected chi connectivity index (χ1v) is 8.84. The van der Waals surface area contributed by atoms with Gasteiger partial charge in [-0.05, 0) is 30.7 Å². The number of carbonyl (C=O) groups is 1. The normalized spacial score (nSPS) is 11.4. The molecule has 0 saturated carbocycles. The van der Waals surface area contributed by atoms with Crippen LogP contribution in [0.4, 0.5) is 0 Å². The molecule has 0 atom stereocenters. The second-order valence-corrected chi connectivity index (χ2v) is 6.41. The van der Waals surface area contributed by atoms with Crippen LogP contribution in [0.25, 0.3) is 10.2 Å². The van der Waals surface area contributed by atoms with Crippen LogP contribution in [0, 0.1) is 12.3 Å². The number of hydrogen-bond acceptors (Lipinski definition) is 3. The fourth-order valence-electron chi connectivity index (χ4n) is 2.56. The molecular formula is C20H18N2O2S. The lowest BCUT2D eigenvalue weighted by Gasteiger charge is -2.03. The van der Waals surface area contributed by atoms with Crippen LogP contribution < -0.4 is 9.54 Å². The molecule has 0 saturated heterocycles. The number of amides is 1. The highest BCUT2D eigenvalue weighted by atomic mass is 32.1. The molecule has 2 aromatic carbocycles. The molecular weight excluding hydrogens is 332 g/mol. The van der Waals surface area contributed by atoms with E-state index >= 15 is 0 Å². The van der Waals surface area contributed by atoms with Crippen LogP contribution in [-0.2, 0) is 17.8 Å². The zero-order valence-corrected chi connectivity index (χ0v) is 14.8. The van der Waals surface area contributed by atoms with Crippen LogP contribution in [0.1, 0.15) is 12.5 Å². The zero-order valence-electron chi connectivity index (χ0n) is 13.9. The van der Waals surface area contributed by atoms with Crippen molar-refractivity contribution >= 4 is 27.5 Å². The maximum atomic E-state index is 12.3. The van der Waals surface area contributed by atoms with Crippen molar-refractivity contribution in [1.29, 1.82) is 0 Å². The predicted molar refractivity (Wildman–Crippen MR) is 101 cm³/mol. The molecule has 1 amide bonds. The Labute approximate surface area is 150 Å². The number of ether oxygens (including phenoxy) is 1. The smallest absolute Gasteiger partial charge is 0.252 e. The van der Waals surface area contributed by atoms with Gasteiger partial charge in [-0.15, -0.1) is 6.42 Å². The second-order valence-electron chi connectivity index (χ2n) is 5.41. The SMILES string of the molecule is C#CCn1c(=NC(=O)Cc2ccccc2)sc2cc(OCC)ccc21. The Morgan fingerprint density at radius 2 is 2.08 bits per heavy atom. The van der Waals surface area contributed by atoms with Crippen molar-refractivity contribution in [3.05, 3.63) is 58.9 Å². The third kappa shape index (κ3) is 3.98. The number of aromatic nitrogens is 1. The lowest BCUT2D eigenvalue weighted by Crippen LogP contribution is -2.17. The maximum Gasteiger partial charge on any atom is 0.252 e. The lowest BCUT2D eigenvalue weighted by molar-refractivity contribution is -0.117. The van der Waals surface area contributed by atoms with E-state index < -0.39 is 0 Å². The van der Waals surface area contributed by atoms with Gasteiger partial charge in [0, 0.05) is 0 Å². The summed E-state index contributed by atoms with van der Waals surface area (Å²) in [7, 11) is 0. The number of benzene rings is 2. The molecule has 0 bridgehead atoms. The van der Waals surface area contributed by atoms with E-state index in [1.54, 1.807) is 0 Å². The second kappa shape index (κ2) is 7.82. The van der Waals surface area contributed by atoms with Gasteiger partial charge in [-0.3, -0.25) is 4.79 Å². The molecule has 0 aliphatic carbocycles. The van der Waals surface area contributed by atoms with E-state index in [1.165, 1.54) is 11.3 Å². The Hall–Kier alpha value is -2.84. The van der Waals surface area contributed by atoms with Crippen LogP contribution in [0.5, 0.6) is 5.75 Å². The van der Waals surface area contributed by atoms with Crippen molar-refractivity contribution in [3.63, 3.8) is 0 Å². The van der Waals surface area contributed by atoms with E-state index in [0.717, 1.165) is 21.5 Å². The van der Waals surface area contributed by atoms with Gasteiger partial charge in [-0.25, -0.2) is 0 Å². The van der Waals surface area contributed by atoms with E-state index in [0.29, 0.717) is 18.0 Å². The summed E-state index contributed by atoms with van der Waals surface area (Å²) >= 11 is 1.44. The average molecular weight is 350 g/mol. The van der Waals surface area contributed by atoms with Crippen LogP contribution in [0.3, 0.4) is 0 Å². The van der Waals surface area contributed by atoms with Crippen molar-refractivity contribution in [2.75, 3.05) is 6.61 Å². The summed E-state index contributed by atoms with van der Waals surface area (Å²) in [5.41, 5.74) is 1.90. The lowest BCUT2D eigenvalue weighted by atomic mass is 10.1. The van der Waals surface area contributed by atoms with E-state index in [2.05, 4.69) is 10.9 Å². The standard InChI is InChI=1S/C20H18N2O2S/c1-3-12-22-17-11-10-16(24-4-2)14-18(17)25-20(22)21-19(23)13-15-8-6-5-7-9-15/h1,5-11,14H,4,12-13H2,2H3. The van der Waals surface area contributed by atoms with Gasteiger partial charge < -0.3 is 9.30 Å². The summed E-state index contributed by atoms with van der Waals surface area (Å²) < 4.78 is 8.42. The minimum absolute atomic E-state index is 0.187. The van der Waals surface area contributed by atoms with Gasteiger partial charge in [0.1, 0.15) is 5.75 Å². The Morgan fingerprint density at radius 3 is 2.80 bits per heavy atom. The Balaban J connectivity index is 2.00. The first kappa shape index (κ1) is 17.0. The molecule has 5 heteroatoms. The molecule has 3 rings (SSSR count). The summed E-state index contributed by atoms with van der Waals surface area (Å²) in [6.45, 7) is 2.92. The number of nitrogens with zero attached hydrogens (tertiary/aromatic N) is 2. The van der Waals surface area contributed by atoms with Gasteiger partial charge in [-0.2, -0.15) is 4.99 Å². The van der Waals surface area contributed by atoms with E-state index in [-0.39, 0.29) is 12.3 Å². The minimum Gasteiger partial charge on any atom is -0.494 e. The van der Waals surface area contributed by atoms with E-state index in [4.69, 9.17) is 11.2 Å². The molecule has 0 aliphatic rings. The molecule has 1 heterocycles. The maximum absolute atomic E-state index is 12.3. The molecule has 0 spiro atoms. The van der Waals surface area contributed by atoms with Crippen molar-refractivity contribution in [1.82, 2.24) is 4.57 Å². The molecule has 126 valence electrons. The largest absolute Gasteiger partial charge is 0.494 e. The van der Waals surface area contributed by atoms with Crippen LogP contribution >= 0.6 is 11.3 Å². The monoisotopic (exact) mass is 350 g/mol. The van der Waals surface area contributed by atoms with Gasteiger partial charge in [-0.1, -0.05) is 47.6 Å². The van der Waals surface area contributed by atoms with Gasteiger partial charge in [0.05, 0.1) is 29.8 Å². The number of terminal acetylenes is 1. The molecule has 0 unspecified atom stereocenters. The average Bonchev–Trinajstić information content (AvgIpc) is 2.93. The van der Waals surface area contributed by atoms with Gasteiger partial charge >= 0.3 is 0 Å². The summed E-state index contributed by atoms with van der Waals surface area (Å²) in [6, 6.07) is 15.4. The van der Waals surface area contributed by atoms with Crippen molar-refractivity contribution in [3.8, 4) is 18.1 Å². The first-order valence-electron chi connectivity index (χ1n) is 8.02. The van der Waals surface area contributed by atoms with Crippen molar-refractivity contribution < 1.29 is 9.53 Å². The fourth-order valence-corrected chi connectivity index (χ4v) is 3.63. The predicted octanol–water partition coefficient (Wildman–Crippen LogP) is 3.40. The van der Waals surface area contributed by atoms with Crippen LogP contribution in [0.2, 0.25) is 0 Å². The summed E-state index contributed by atoms with van der Waals surface area (Å²) in [6.07, 6.45) is 5.77. The summed E-state index contributed by atoms with van der Waals surface area (Å²) in [5.74, 6) is 3.24. The number of rotatable bonds is 5. The molecule has 0 N–H and O–H groups in total. The third-order valence-electron chi connectivity index (χ3n) is 3.63. The van der Waals surface area contributed by atoms with Gasteiger partial charge in [0.2, 0.25) is 0 Å². The highest BCUT2D eigenvalue weighted by Gasteiger charge is 2.09. The third-order valence-corrected chi connectivity index (χ3v) is 4.67. The van der Waals surface area contributed by atoms with Gasteiger partial charge in [0.25, 0.3) is 5.91 Å². The molecule has 0 radical (unpaired) electrons. The Morgan fingerprint density at radius 1 is 1.28 bits per heavy atom.